The second kappa shape index (κ2) is 8.46. The van der Waals surface area contributed by atoms with Crippen LogP contribution in [0.5, 0.6) is 0 Å². The number of hydrogen-bond acceptors (Lipinski definition) is 2. The molecule has 0 atom stereocenters. The third-order valence-electron chi connectivity index (χ3n) is 5.92. The molecule has 2 nitrogen and oxygen atoms in total. The van der Waals surface area contributed by atoms with Crippen LogP contribution in [0.15, 0.2) is 109 Å². The largest absolute Gasteiger partial charge is 0.368 e. The fourth-order valence-corrected chi connectivity index (χ4v) is 4.25. The zero-order chi connectivity index (χ0) is 20.2. The molecule has 1 aliphatic heterocycles. The van der Waals surface area contributed by atoms with Crippen LogP contribution in [0.2, 0.25) is 0 Å². The highest BCUT2D eigenvalue weighted by Crippen LogP contribution is 2.28. The van der Waals surface area contributed by atoms with E-state index in [1.165, 1.54) is 33.6 Å². The van der Waals surface area contributed by atoms with Crippen molar-refractivity contribution in [2.45, 2.75) is 0 Å². The fourth-order valence-electron chi connectivity index (χ4n) is 4.25. The van der Waals surface area contributed by atoms with Crippen LogP contribution in [0.25, 0.3) is 22.3 Å². The lowest BCUT2D eigenvalue weighted by Crippen LogP contribution is -2.46. The van der Waals surface area contributed by atoms with Crippen molar-refractivity contribution >= 4 is 11.4 Å². The molecule has 1 fully saturated rings. The van der Waals surface area contributed by atoms with Crippen molar-refractivity contribution in [2.24, 2.45) is 0 Å². The molecule has 4 aromatic carbocycles. The average Bonchev–Trinajstić information content (AvgIpc) is 2.85. The van der Waals surface area contributed by atoms with Crippen LogP contribution >= 0.6 is 0 Å². The molecule has 0 aromatic heterocycles. The van der Waals surface area contributed by atoms with Gasteiger partial charge < -0.3 is 9.80 Å². The summed E-state index contributed by atoms with van der Waals surface area (Å²) in [7, 11) is 0. The van der Waals surface area contributed by atoms with Crippen molar-refractivity contribution in [1.82, 2.24) is 0 Å². The Hall–Kier alpha value is -3.52. The normalized spacial score (nSPS) is 14.0. The number of rotatable bonds is 4. The van der Waals surface area contributed by atoms with E-state index in [1.807, 2.05) is 0 Å². The van der Waals surface area contributed by atoms with Crippen LogP contribution in [-0.4, -0.2) is 26.2 Å². The maximum atomic E-state index is 2.50. The molecule has 0 saturated carbocycles. The number of piperazine rings is 1. The van der Waals surface area contributed by atoms with Crippen LogP contribution < -0.4 is 9.80 Å². The van der Waals surface area contributed by atoms with E-state index in [4.69, 9.17) is 0 Å². The minimum Gasteiger partial charge on any atom is -0.368 e. The van der Waals surface area contributed by atoms with Crippen molar-refractivity contribution in [2.75, 3.05) is 36.0 Å². The van der Waals surface area contributed by atoms with Gasteiger partial charge in [-0.25, -0.2) is 0 Å². The summed E-state index contributed by atoms with van der Waals surface area (Å²) in [4.78, 5) is 5.01. The molecule has 0 unspecified atom stereocenters. The van der Waals surface area contributed by atoms with E-state index in [1.54, 1.807) is 0 Å². The minimum absolute atomic E-state index is 1.04. The van der Waals surface area contributed by atoms with Gasteiger partial charge in [0.1, 0.15) is 0 Å². The molecule has 0 radical (unpaired) electrons. The summed E-state index contributed by atoms with van der Waals surface area (Å²) in [5.41, 5.74) is 7.74. The van der Waals surface area contributed by atoms with Gasteiger partial charge in [-0.2, -0.15) is 0 Å². The molecular weight excluding hydrogens is 364 g/mol. The van der Waals surface area contributed by atoms with Crippen molar-refractivity contribution in [3.05, 3.63) is 109 Å². The van der Waals surface area contributed by atoms with Crippen molar-refractivity contribution in [1.29, 1.82) is 0 Å². The summed E-state index contributed by atoms with van der Waals surface area (Å²) in [6, 6.07) is 39.1. The number of hydrogen-bond donors (Lipinski definition) is 0. The molecule has 1 heterocycles. The molecule has 0 N–H and O–H groups in total. The van der Waals surface area contributed by atoms with Gasteiger partial charge in [-0.3, -0.25) is 0 Å². The summed E-state index contributed by atoms with van der Waals surface area (Å²) < 4.78 is 0. The van der Waals surface area contributed by atoms with Crippen molar-refractivity contribution in [3.63, 3.8) is 0 Å². The highest BCUT2D eigenvalue weighted by atomic mass is 15.3. The summed E-state index contributed by atoms with van der Waals surface area (Å²) in [5, 5.41) is 0. The standard InChI is InChI=1S/C28H26N2/c1-3-9-23(10-4-1)25-13-7-15-27(21-25)29-17-19-30(20-18-29)28-16-8-14-26(22-28)24-11-5-2-6-12-24/h1-16,21-22H,17-20H2. The van der Waals surface area contributed by atoms with Crippen LogP contribution in [-0.2, 0) is 0 Å². The molecule has 2 heteroatoms. The average molecular weight is 391 g/mol. The molecular formula is C28H26N2. The van der Waals surface area contributed by atoms with Gasteiger partial charge in [-0.15, -0.1) is 0 Å². The molecule has 0 bridgehead atoms. The maximum Gasteiger partial charge on any atom is 0.0373 e. The summed E-state index contributed by atoms with van der Waals surface area (Å²) in [6.07, 6.45) is 0. The predicted molar refractivity (Wildman–Crippen MR) is 128 cm³/mol. The number of nitrogens with zero attached hydrogens (tertiary/aromatic N) is 2. The van der Waals surface area contributed by atoms with E-state index in [9.17, 15) is 0 Å². The quantitative estimate of drug-likeness (QED) is 0.401. The van der Waals surface area contributed by atoms with E-state index in [-0.39, 0.29) is 0 Å². The predicted octanol–water partition coefficient (Wildman–Crippen LogP) is 6.35. The second-order valence-corrected chi connectivity index (χ2v) is 7.81. The van der Waals surface area contributed by atoms with Gasteiger partial charge in [0.25, 0.3) is 0 Å². The molecule has 4 aromatic rings. The van der Waals surface area contributed by atoms with Gasteiger partial charge in [0, 0.05) is 37.6 Å². The minimum atomic E-state index is 1.04. The second-order valence-electron chi connectivity index (χ2n) is 7.81. The molecule has 148 valence electrons. The Labute approximate surface area is 179 Å². The zero-order valence-electron chi connectivity index (χ0n) is 17.1. The summed E-state index contributed by atoms with van der Waals surface area (Å²) in [5.74, 6) is 0. The van der Waals surface area contributed by atoms with Crippen LogP contribution in [0.1, 0.15) is 0 Å². The highest BCUT2D eigenvalue weighted by Gasteiger charge is 2.18. The molecule has 0 amide bonds. The Morgan fingerprint density at radius 3 is 1.13 bits per heavy atom. The first kappa shape index (κ1) is 18.5. The maximum absolute atomic E-state index is 2.50. The first-order chi connectivity index (χ1) is 14.9. The lowest BCUT2D eigenvalue weighted by Gasteiger charge is -2.37. The Balaban J connectivity index is 1.29. The Morgan fingerprint density at radius 2 is 0.733 bits per heavy atom. The number of anilines is 2. The third-order valence-corrected chi connectivity index (χ3v) is 5.92. The van der Waals surface area contributed by atoms with Crippen LogP contribution in [0.4, 0.5) is 11.4 Å². The first-order valence-corrected chi connectivity index (χ1v) is 10.7. The van der Waals surface area contributed by atoms with Gasteiger partial charge >= 0.3 is 0 Å². The first-order valence-electron chi connectivity index (χ1n) is 10.7. The van der Waals surface area contributed by atoms with Gasteiger partial charge in [0.2, 0.25) is 0 Å². The van der Waals surface area contributed by atoms with Gasteiger partial charge in [-0.05, 0) is 46.5 Å². The molecule has 0 aliphatic carbocycles. The van der Waals surface area contributed by atoms with Crippen LogP contribution in [0.3, 0.4) is 0 Å². The smallest absolute Gasteiger partial charge is 0.0373 e. The lowest BCUT2D eigenvalue weighted by atomic mass is 10.0. The Kier molecular flexibility index (Phi) is 5.22. The number of benzene rings is 4. The van der Waals surface area contributed by atoms with Gasteiger partial charge in [0.05, 0.1) is 0 Å². The van der Waals surface area contributed by atoms with Crippen molar-refractivity contribution < 1.29 is 0 Å². The SMILES string of the molecule is c1ccc(-c2cccc(N3CCN(c4cccc(-c5ccccc5)c4)CC3)c2)cc1. The molecule has 0 spiro atoms. The van der Waals surface area contributed by atoms with Gasteiger partial charge in [0.15, 0.2) is 0 Å². The highest BCUT2D eigenvalue weighted by molar-refractivity contribution is 5.70. The van der Waals surface area contributed by atoms with E-state index in [2.05, 4.69) is 119 Å². The monoisotopic (exact) mass is 390 g/mol. The van der Waals surface area contributed by atoms with E-state index < -0.39 is 0 Å². The van der Waals surface area contributed by atoms with Crippen molar-refractivity contribution in [3.8, 4) is 22.3 Å². The molecule has 1 aliphatic rings. The fraction of sp³-hybridized carbons (Fsp3) is 0.143. The van der Waals surface area contributed by atoms with E-state index in [0.717, 1.165) is 26.2 Å². The topological polar surface area (TPSA) is 6.48 Å². The zero-order valence-corrected chi connectivity index (χ0v) is 17.1. The molecule has 30 heavy (non-hydrogen) atoms. The Bertz CT molecular complexity index is 1010. The van der Waals surface area contributed by atoms with E-state index >= 15 is 0 Å². The van der Waals surface area contributed by atoms with Gasteiger partial charge in [-0.1, -0.05) is 84.9 Å². The molecule has 1 saturated heterocycles. The Morgan fingerprint density at radius 1 is 0.367 bits per heavy atom. The van der Waals surface area contributed by atoms with Crippen LogP contribution in [0, 0.1) is 0 Å². The summed E-state index contributed by atoms with van der Waals surface area (Å²) in [6.45, 7) is 4.14. The third kappa shape index (κ3) is 3.95. The lowest BCUT2D eigenvalue weighted by molar-refractivity contribution is 0.654. The summed E-state index contributed by atoms with van der Waals surface area (Å²) >= 11 is 0. The molecule has 5 rings (SSSR count). The van der Waals surface area contributed by atoms with E-state index in [0.29, 0.717) is 0 Å².